The van der Waals surface area contributed by atoms with Crippen LogP contribution < -0.4 is 0 Å². The fourth-order valence-electron chi connectivity index (χ4n) is 3.24. The van der Waals surface area contributed by atoms with Crippen molar-refractivity contribution in [1.29, 1.82) is 0 Å². The lowest BCUT2D eigenvalue weighted by Gasteiger charge is -2.42. The van der Waals surface area contributed by atoms with Gasteiger partial charge in [0, 0.05) is 12.3 Å². The van der Waals surface area contributed by atoms with E-state index in [9.17, 15) is 4.79 Å². The molecule has 3 aliphatic carbocycles. The Labute approximate surface area is 107 Å². The first-order chi connectivity index (χ1) is 8.24. The van der Waals surface area contributed by atoms with Gasteiger partial charge in [-0.15, -0.1) is 11.6 Å². The highest BCUT2D eigenvalue weighted by atomic mass is 35.5. The molecule has 0 heterocycles. The molecule has 0 bridgehead atoms. The molecule has 4 atom stereocenters. The number of Topliss-reactive ketones (excluding diaryl/α,β-unsaturated/α-hetero) is 1. The van der Waals surface area contributed by atoms with Gasteiger partial charge in [0.05, 0.1) is 5.38 Å². The van der Waals surface area contributed by atoms with Crippen LogP contribution in [0.25, 0.3) is 0 Å². The summed E-state index contributed by atoms with van der Waals surface area (Å²) in [6.07, 6.45) is 14.5. The highest BCUT2D eigenvalue weighted by Crippen LogP contribution is 2.47. The molecule has 0 N–H and O–H groups in total. The number of carbonyl (C=O) groups excluding carboxylic acids is 1. The quantitative estimate of drug-likeness (QED) is 0.648. The van der Waals surface area contributed by atoms with Crippen molar-refractivity contribution >= 4 is 17.4 Å². The first kappa shape index (κ1) is 11.3. The third-order valence-electron chi connectivity index (χ3n) is 4.39. The van der Waals surface area contributed by atoms with Crippen LogP contribution in [0.4, 0.5) is 0 Å². The molecule has 0 aromatic carbocycles. The lowest BCUT2D eigenvalue weighted by atomic mass is 9.61. The monoisotopic (exact) mass is 248 g/mol. The molecular weight excluding hydrogens is 232 g/mol. The average Bonchev–Trinajstić information content (AvgIpc) is 2.46. The summed E-state index contributed by atoms with van der Waals surface area (Å²) in [6, 6.07) is 0. The minimum Gasteiger partial charge on any atom is -0.299 e. The predicted molar refractivity (Wildman–Crippen MR) is 69.9 cm³/mol. The molecule has 0 amide bonds. The van der Waals surface area contributed by atoms with Crippen molar-refractivity contribution in [1.82, 2.24) is 0 Å². The highest BCUT2D eigenvalue weighted by molar-refractivity contribution is 6.23. The third-order valence-corrected chi connectivity index (χ3v) is 4.68. The van der Waals surface area contributed by atoms with Crippen LogP contribution >= 0.6 is 11.6 Å². The fourth-order valence-corrected chi connectivity index (χ4v) is 3.40. The molecule has 0 aliphatic heterocycles. The van der Waals surface area contributed by atoms with E-state index < -0.39 is 0 Å². The molecule has 2 fully saturated rings. The normalized spacial score (nSPS) is 40.3. The second-order valence-corrected chi connectivity index (χ2v) is 5.91. The lowest BCUT2D eigenvalue weighted by Crippen LogP contribution is -2.40. The molecule has 0 aromatic rings. The van der Waals surface area contributed by atoms with E-state index in [0.29, 0.717) is 23.5 Å². The van der Waals surface area contributed by atoms with E-state index in [4.69, 9.17) is 11.6 Å². The van der Waals surface area contributed by atoms with Crippen LogP contribution in [-0.4, -0.2) is 11.2 Å². The van der Waals surface area contributed by atoms with E-state index in [1.54, 1.807) is 0 Å². The van der Waals surface area contributed by atoms with Crippen LogP contribution in [0.15, 0.2) is 36.0 Å². The standard InChI is InChI=1S/C15H17ClO/c16-13-3-1-2-10(4-6-13)12-8-11-5-7-14(11)15(17)9-12/h1-4,6,11-14H,5,7-9H2. The van der Waals surface area contributed by atoms with Gasteiger partial charge in [-0.05, 0) is 36.7 Å². The molecule has 3 rings (SSSR count). The topological polar surface area (TPSA) is 17.1 Å². The van der Waals surface area contributed by atoms with E-state index in [0.717, 1.165) is 12.8 Å². The van der Waals surface area contributed by atoms with E-state index >= 15 is 0 Å². The maximum absolute atomic E-state index is 12.0. The van der Waals surface area contributed by atoms with Crippen LogP contribution in [0.5, 0.6) is 0 Å². The van der Waals surface area contributed by atoms with Crippen LogP contribution in [-0.2, 0) is 4.79 Å². The molecule has 3 aliphatic rings. The Hall–Kier alpha value is -0.820. The van der Waals surface area contributed by atoms with Gasteiger partial charge in [-0.1, -0.05) is 30.4 Å². The largest absolute Gasteiger partial charge is 0.299 e. The molecule has 0 radical (unpaired) electrons. The summed E-state index contributed by atoms with van der Waals surface area (Å²) in [4.78, 5) is 12.0. The van der Waals surface area contributed by atoms with Crippen LogP contribution in [0.2, 0.25) is 0 Å². The van der Waals surface area contributed by atoms with Crippen LogP contribution in [0.3, 0.4) is 0 Å². The van der Waals surface area contributed by atoms with Crippen molar-refractivity contribution in [2.24, 2.45) is 17.8 Å². The van der Waals surface area contributed by atoms with Crippen LogP contribution in [0, 0.1) is 17.8 Å². The Morgan fingerprint density at radius 2 is 2.12 bits per heavy atom. The Bertz CT molecular complexity index is 419. The van der Waals surface area contributed by atoms with Gasteiger partial charge in [0.25, 0.3) is 0 Å². The lowest BCUT2D eigenvalue weighted by molar-refractivity contribution is -0.132. The van der Waals surface area contributed by atoms with E-state index in [1.807, 2.05) is 18.2 Å². The fraction of sp³-hybridized carbons (Fsp3) is 0.533. The van der Waals surface area contributed by atoms with Crippen molar-refractivity contribution in [2.45, 2.75) is 31.1 Å². The highest BCUT2D eigenvalue weighted by Gasteiger charge is 2.42. The number of halogens is 1. The zero-order valence-corrected chi connectivity index (χ0v) is 10.6. The summed E-state index contributed by atoms with van der Waals surface area (Å²) in [5, 5.41) is -0.0144. The molecule has 90 valence electrons. The number of fused-ring (bicyclic) bond motifs is 1. The molecule has 0 spiro atoms. The summed E-state index contributed by atoms with van der Waals surface area (Å²) >= 11 is 6.04. The molecule has 0 saturated heterocycles. The minimum atomic E-state index is -0.0144. The Morgan fingerprint density at radius 1 is 1.24 bits per heavy atom. The first-order valence-corrected chi connectivity index (χ1v) is 6.91. The number of hydrogen-bond donors (Lipinski definition) is 0. The maximum Gasteiger partial charge on any atom is 0.136 e. The second-order valence-electron chi connectivity index (χ2n) is 5.40. The maximum atomic E-state index is 12.0. The number of hydrogen-bond acceptors (Lipinski definition) is 1. The molecule has 1 nitrogen and oxygen atoms in total. The molecule has 2 heteroatoms. The molecule has 4 unspecified atom stereocenters. The Kier molecular flexibility index (Phi) is 2.96. The van der Waals surface area contributed by atoms with E-state index in [1.165, 1.54) is 18.4 Å². The predicted octanol–water partition coefficient (Wildman–Crippen LogP) is 3.65. The van der Waals surface area contributed by atoms with E-state index in [-0.39, 0.29) is 5.38 Å². The summed E-state index contributed by atoms with van der Waals surface area (Å²) in [7, 11) is 0. The number of alkyl halides is 1. The van der Waals surface area contributed by atoms with Gasteiger partial charge in [0.2, 0.25) is 0 Å². The van der Waals surface area contributed by atoms with Gasteiger partial charge < -0.3 is 0 Å². The molecule has 0 aromatic heterocycles. The minimum absolute atomic E-state index is 0.0144. The third kappa shape index (κ3) is 2.13. The van der Waals surface area contributed by atoms with Crippen molar-refractivity contribution in [2.75, 3.05) is 0 Å². The molecular formula is C15H17ClO. The van der Waals surface area contributed by atoms with Gasteiger partial charge in [0.15, 0.2) is 0 Å². The number of carbonyl (C=O) groups is 1. The summed E-state index contributed by atoms with van der Waals surface area (Å²) in [6.45, 7) is 0. The summed E-state index contributed by atoms with van der Waals surface area (Å²) in [5.74, 6) is 1.97. The van der Waals surface area contributed by atoms with Gasteiger partial charge in [-0.2, -0.15) is 0 Å². The molecule has 2 saturated carbocycles. The Balaban J connectivity index is 1.76. The summed E-state index contributed by atoms with van der Waals surface area (Å²) in [5.41, 5.74) is 1.28. The molecule has 17 heavy (non-hydrogen) atoms. The number of allylic oxidation sites excluding steroid dienone is 6. The zero-order valence-electron chi connectivity index (χ0n) is 9.81. The van der Waals surface area contributed by atoms with Crippen LogP contribution in [0.1, 0.15) is 25.7 Å². The summed E-state index contributed by atoms with van der Waals surface area (Å²) < 4.78 is 0. The SMILES string of the molecule is O=C1CC(C2=CC=CC(Cl)C=C2)CC2CCC12. The van der Waals surface area contributed by atoms with Crippen molar-refractivity contribution < 1.29 is 4.79 Å². The average molecular weight is 249 g/mol. The Morgan fingerprint density at radius 3 is 2.82 bits per heavy atom. The zero-order chi connectivity index (χ0) is 11.8. The van der Waals surface area contributed by atoms with Gasteiger partial charge in [0.1, 0.15) is 5.78 Å². The van der Waals surface area contributed by atoms with Gasteiger partial charge in [-0.25, -0.2) is 0 Å². The van der Waals surface area contributed by atoms with Crippen molar-refractivity contribution in [3.05, 3.63) is 36.0 Å². The smallest absolute Gasteiger partial charge is 0.136 e. The second kappa shape index (κ2) is 4.45. The number of ketones is 1. The number of rotatable bonds is 1. The first-order valence-electron chi connectivity index (χ1n) is 6.47. The van der Waals surface area contributed by atoms with E-state index in [2.05, 4.69) is 12.2 Å². The van der Waals surface area contributed by atoms with Gasteiger partial charge >= 0.3 is 0 Å². The van der Waals surface area contributed by atoms with Gasteiger partial charge in [-0.3, -0.25) is 4.79 Å². The van der Waals surface area contributed by atoms with Crippen molar-refractivity contribution in [3.8, 4) is 0 Å². The van der Waals surface area contributed by atoms with Crippen molar-refractivity contribution in [3.63, 3.8) is 0 Å².